The molecule has 2 heterocycles. The zero-order valence-electron chi connectivity index (χ0n) is 21.6. The van der Waals surface area contributed by atoms with Crippen molar-refractivity contribution in [3.8, 4) is 0 Å². The quantitative estimate of drug-likeness (QED) is 0.139. The Bertz CT molecular complexity index is 1730. The number of carbonyl (C=O) groups excluding carboxylic acids is 2. The normalized spacial score (nSPS) is 10.8. The van der Waals surface area contributed by atoms with Crippen LogP contribution in [0.15, 0.2) is 115 Å². The highest BCUT2D eigenvalue weighted by Gasteiger charge is 2.12. The second-order valence-corrected chi connectivity index (χ2v) is 9.24. The first kappa shape index (κ1) is 24.7. The van der Waals surface area contributed by atoms with E-state index in [4.69, 9.17) is 4.84 Å². The predicted molar refractivity (Wildman–Crippen MR) is 158 cm³/mol. The zero-order chi connectivity index (χ0) is 27.5. The molecule has 0 bridgehead atoms. The standard InChI is InChI=1S/C32H25N5O3/c1-40-37-30(20-2-8-26(9-3-20)35-31(38)24-6-12-28-22(18-24)14-16-33-28)21-4-10-27(11-5-21)36-32(39)25-7-13-29-23(19-25)15-17-34-29/h2-19,33-34H,1H3,(H,35,38)(H,36,39). The number of carbonyl (C=O) groups is 2. The first-order valence-electron chi connectivity index (χ1n) is 12.7. The Morgan fingerprint density at radius 2 is 1.02 bits per heavy atom. The molecule has 0 aliphatic carbocycles. The number of fused-ring (bicyclic) bond motifs is 2. The second kappa shape index (κ2) is 10.6. The molecule has 196 valence electrons. The van der Waals surface area contributed by atoms with E-state index in [0.29, 0.717) is 28.2 Å². The fourth-order valence-electron chi connectivity index (χ4n) is 4.58. The molecule has 8 heteroatoms. The van der Waals surface area contributed by atoms with Gasteiger partial charge < -0.3 is 25.4 Å². The molecule has 0 saturated heterocycles. The highest BCUT2D eigenvalue weighted by molar-refractivity contribution is 6.13. The molecule has 2 aromatic heterocycles. The van der Waals surface area contributed by atoms with Crippen molar-refractivity contribution in [2.24, 2.45) is 5.16 Å². The van der Waals surface area contributed by atoms with Gasteiger partial charge in [-0.2, -0.15) is 0 Å². The summed E-state index contributed by atoms with van der Waals surface area (Å²) in [5.74, 6) is -0.375. The first-order chi connectivity index (χ1) is 19.6. The van der Waals surface area contributed by atoms with Crippen LogP contribution >= 0.6 is 0 Å². The van der Waals surface area contributed by atoms with Crippen molar-refractivity contribution in [3.63, 3.8) is 0 Å². The molecule has 4 aromatic carbocycles. The molecular weight excluding hydrogens is 502 g/mol. The summed E-state index contributed by atoms with van der Waals surface area (Å²) >= 11 is 0. The van der Waals surface area contributed by atoms with Crippen molar-refractivity contribution in [1.82, 2.24) is 9.97 Å². The maximum atomic E-state index is 12.8. The van der Waals surface area contributed by atoms with E-state index in [9.17, 15) is 9.59 Å². The average molecular weight is 528 g/mol. The van der Waals surface area contributed by atoms with Crippen molar-refractivity contribution in [2.45, 2.75) is 0 Å². The minimum absolute atomic E-state index is 0.188. The lowest BCUT2D eigenvalue weighted by Crippen LogP contribution is -2.12. The third kappa shape index (κ3) is 5.06. The average Bonchev–Trinajstić information content (AvgIpc) is 3.66. The molecule has 0 unspecified atom stereocenters. The van der Waals surface area contributed by atoms with Crippen molar-refractivity contribution >= 4 is 50.7 Å². The molecule has 0 radical (unpaired) electrons. The monoisotopic (exact) mass is 527 g/mol. The number of amides is 2. The van der Waals surface area contributed by atoms with Crippen LogP contribution in [-0.4, -0.2) is 34.6 Å². The van der Waals surface area contributed by atoms with Crippen LogP contribution in [0, 0.1) is 0 Å². The largest absolute Gasteiger partial charge is 0.399 e. The van der Waals surface area contributed by atoms with E-state index in [1.54, 1.807) is 12.1 Å². The van der Waals surface area contributed by atoms with E-state index >= 15 is 0 Å². The van der Waals surface area contributed by atoms with Crippen LogP contribution in [0.1, 0.15) is 31.8 Å². The smallest absolute Gasteiger partial charge is 0.255 e. The topological polar surface area (TPSA) is 111 Å². The summed E-state index contributed by atoms with van der Waals surface area (Å²) in [5, 5.41) is 12.1. The summed E-state index contributed by atoms with van der Waals surface area (Å²) in [6.07, 6.45) is 3.69. The van der Waals surface area contributed by atoms with E-state index in [-0.39, 0.29) is 11.8 Å². The minimum Gasteiger partial charge on any atom is -0.399 e. The van der Waals surface area contributed by atoms with E-state index in [1.807, 2.05) is 97.3 Å². The Morgan fingerprint density at radius 1 is 0.600 bits per heavy atom. The van der Waals surface area contributed by atoms with Gasteiger partial charge in [0.1, 0.15) is 12.8 Å². The van der Waals surface area contributed by atoms with Crippen LogP contribution in [0.25, 0.3) is 21.8 Å². The Morgan fingerprint density at radius 3 is 1.45 bits per heavy atom. The maximum absolute atomic E-state index is 12.8. The molecule has 0 spiro atoms. The lowest BCUT2D eigenvalue weighted by atomic mass is 10.0. The molecule has 8 nitrogen and oxygen atoms in total. The van der Waals surface area contributed by atoms with Gasteiger partial charge in [0.15, 0.2) is 0 Å². The van der Waals surface area contributed by atoms with Gasteiger partial charge in [0.2, 0.25) is 0 Å². The lowest BCUT2D eigenvalue weighted by Gasteiger charge is -2.10. The predicted octanol–water partition coefficient (Wildman–Crippen LogP) is 6.55. The van der Waals surface area contributed by atoms with Gasteiger partial charge in [-0.25, -0.2) is 0 Å². The number of oxime groups is 1. The van der Waals surface area contributed by atoms with Gasteiger partial charge in [-0.15, -0.1) is 0 Å². The molecule has 4 N–H and O–H groups in total. The molecule has 0 fully saturated rings. The third-order valence-corrected chi connectivity index (χ3v) is 6.65. The number of hydrogen-bond acceptors (Lipinski definition) is 4. The Hall–Kier alpha value is -5.63. The molecule has 6 aromatic rings. The molecule has 0 aliphatic rings. The number of aromatic amines is 2. The molecule has 6 rings (SSSR count). The van der Waals surface area contributed by atoms with Gasteiger partial charge in [0, 0.05) is 67.8 Å². The summed E-state index contributed by atoms with van der Waals surface area (Å²) < 4.78 is 0. The molecule has 0 atom stereocenters. The first-order valence-corrected chi connectivity index (χ1v) is 12.7. The Labute approximate surface area is 229 Å². The molecule has 2 amide bonds. The zero-order valence-corrected chi connectivity index (χ0v) is 21.6. The highest BCUT2D eigenvalue weighted by Crippen LogP contribution is 2.20. The third-order valence-electron chi connectivity index (χ3n) is 6.65. The van der Waals surface area contributed by atoms with Gasteiger partial charge >= 0.3 is 0 Å². The van der Waals surface area contributed by atoms with Crippen LogP contribution in [0.5, 0.6) is 0 Å². The Balaban J connectivity index is 1.14. The van der Waals surface area contributed by atoms with Crippen molar-refractivity contribution in [2.75, 3.05) is 17.7 Å². The molecule has 0 aliphatic heterocycles. The van der Waals surface area contributed by atoms with Crippen LogP contribution in [0.4, 0.5) is 11.4 Å². The van der Waals surface area contributed by atoms with E-state index in [0.717, 1.165) is 32.9 Å². The van der Waals surface area contributed by atoms with Crippen molar-refractivity contribution in [3.05, 3.63) is 132 Å². The van der Waals surface area contributed by atoms with Gasteiger partial charge in [-0.05, 0) is 72.8 Å². The van der Waals surface area contributed by atoms with Crippen molar-refractivity contribution < 1.29 is 14.4 Å². The fraction of sp³-hybridized carbons (Fsp3) is 0.0312. The summed E-state index contributed by atoms with van der Waals surface area (Å²) in [6.45, 7) is 0. The highest BCUT2D eigenvalue weighted by atomic mass is 16.6. The summed E-state index contributed by atoms with van der Waals surface area (Å²) in [5.41, 5.74) is 6.69. The Kier molecular flexibility index (Phi) is 6.56. The van der Waals surface area contributed by atoms with Gasteiger partial charge in [0.05, 0.1) is 0 Å². The SMILES string of the molecule is CON=C(c1ccc(NC(=O)c2ccc3[nH]ccc3c2)cc1)c1ccc(NC(=O)c2ccc3[nH]ccc3c2)cc1. The number of nitrogens with zero attached hydrogens (tertiary/aromatic N) is 1. The maximum Gasteiger partial charge on any atom is 0.255 e. The number of aromatic nitrogens is 2. The number of hydrogen-bond donors (Lipinski definition) is 4. The number of nitrogens with one attached hydrogen (secondary N) is 4. The van der Waals surface area contributed by atoms with Crippen LogP contribution in [-0.2, 0) is 4.84 Å². The van der Waals surface area contributed by atoms with Crippen LogP contribution in [0.2, 0.25) is 0 Å². The fourth-order valence-corrected chi connectivity index (χ4v) is 4.58. The van der Waals surface area contributed by atoms with Crippen molar-refractivity contribution in [1.29, 1.82) is 0 Å². The van der Waals surface area contributed by atoms with Gasteiger partial charge in [0.25, 0.3) is 11.8 Å². The molecule has 40 heavy (non-hydrogen) atoms. The summed E-state index contributed by atoms with van der Waals surface area (Å²) in [7, 11) is 1.49. The lowest BCUT2D eigenvalue weighted by molar-refractivity contribution is 0.101. The number of anilines is 2. The minimum atomic E-state index is -0.188. The summed E-state index contributed by atoms with van der Waals surface area (Å²) in [6, 6.07) is 29.7. The number of benzene rings is 4. The van der Waals surface area contributed by atoms with E-state index in [2.05, 4.69) is 25.8 Å². The van der Waals surface area contributed by atoms with Crippen LogP contribution in [0.3, 0.4) is 0 Å². The number of H-pyrrole nitrogens is 2. The van der Waals surface area contributed by atoms with Crippen LogP contribution < -0.4 is 10.6 Å². The van der Waals surface area contributed by atoms with Gasteiger partial charge in [-0.1, -0.05) is 29.4 Å². The van der Waals surface area contributed by atoms with E-state index in [1.165, 1.54) is 7.11 Å². The van der Waals surface area contributed by atoms with E-state index < -0.39 is 0 Å². The van der Waals surface area contributed by atoms with Gasteiger partial charge in [-0.3, -0.25) is 9.59 Å². The molecular formula is C32H25N5O3. The second-order valence-electron chi connectivity index (χ2n) is 9.24. The summed E-state index contributed by atoms with van der Waals surface area (Å²) in [4.78, 5) is 36.9. The number of rotatable bonds is 7. The molecule has 0 saturated carbocycles.